The van der Waals surface area contributed by atoms with Gasteiger partial charge in [0.1, 0.15) is 5.56 Å². The minimum Gasteiger partial charge on any atom is -0.338 e. The van der Waals surface area contributed by atoms with Crippen LogP contribution in [-0.2, 0) is 12.8 Å². The summed E-state index contributed by atoms with van der Waals surface area (Å²) in [6.45, 7) is 7.79. The van der Waals surface area contributed by atoms with Crippen LogP contribution in [0.3, 0.4) is 0 Å². The number of nitrogens with zero attached hydrogens (tertiary/aromatic N) is 2. The first-order valence-corrected chi connectivity index (χ1v) is 7.55. The van der Waals surface area contributed by atoms with Crippen molar-refractivity contribution in [2.45, 2.75) is 40.0 Å². The van der Waals surface area contributed by atoms with E-state index in [4.69, 9.17) is 5.73 Å². The van der Waals surface area contributed by atoms with Gasteiger partial charge in [-0.25, -0.2) is 5.10 Å². The lowest BCUT2D eigenvalue weighted by Crippen LogP contribution is -2.38. The molecule has 6 nitrogen and oxygen atoms in total. The van der Waals surface area contributed by atoms with Gasteiger partial charge >= 0.3 is 0 Å². The summed E-state index contributed by atoms with van der Waals surface area (Å²) in [5, 5.41) is 6.51. The number of aryl methyl sites for hydroxylation is 1. The van der Waals surface area contributed by atoms with Crippen molar-refractivity contribution in [1.82, 2.24) is 15.1 Å². The summed E-state index contributed by atoms with van der Waals surface area (Å²) in [5.74, 6) is -0.192. The van der Waals surface area contributed by atoms with E-state index in [1.54, 1.807) is 4.90 Å². The molecule has 124 valence electrons. The largest absolute Gasteiger partial charge is 0.338 e. The molecular formula is C15H25ClN4O2. The SMILES string of the molecule is CCc1n[nH]c(=O)c(C(=O)N2CCC(C)(CN)C2)c1CC.Cl. The van der Waals surface area contributed by atoms with Crippen molar-refractivity contribution >= 4 is 18.3 Å². The molecular weight excluding hydrogens is 304 g/mol. The number of nitrogens with one attached hydrogen (secondary N) is 1. The molecule has 3 N–H and O–H groups in total. The first kappa shape index (κ1) is 18.6. The first-order chi connectivity index (χ1) is 9.95. The molecule has 0 saturated carbocycles. The van der Waals surface area contributed by atoms with Crippen LogP contribution in [0.15, 0.2) is 4.79 Å². The topological polar surface area (TPSA) is 92.1 Å². The van der Waals surface area contributed by atoms with Crippen molar-refractivity contribution in [3.63, 3.8) is 0 Å². The zero-order valence-electron chi connectivity index (χ0n) is 13.4. The van der Waals surface area contributed by atoms with Gasteiger partial charge in [-0.15, -0.1) is 12.4 Å². The Hall–Kier alpha value is -1.40. The summed E-state index contributed by atoms with van der Waals surface area (Å²) in [5.41, 5.74) is 7.16. The maximum atomic E-state index is 12.8. The van der Waals surface area contributed by atoms with Gasteiger partial charge in [-0.2, -0.15) is 5.10 Å². The van der Waals surface area contributed by atoms with E-state index in [0.717, 1.165) is 17.7 Å². The second kappa shape index (κ2) is 7.24. The number of H-pyrrole nitrogens is 1. The molecule has 0 aliphatic carbocycles. The molecule has 1 atom stereocenters. The van der Waals surface area contributed by atoms with Crippen LogP contribution in [0, 0.1) is 5.41 Å². The van der Waals surface area contributed by atoms with Crippen molar-refractivity contribution in [2.24, 2.45) is 11.1 Å². The van der Waals surface area contributed by atoms with Crippen molar-refractivity contribution < 1.29 is 4.79 Å². The number of carbonyl (C=O) groups excluding carboxylic acids is 1. The van der Waals surface area contributed by atoms with E-state index in [1.165, 1.54) is 0 Å². The monoisotopic (exact) mass is 328 g/mol. The Labute approximate surface area is 136 Å². The zero-order valence-corrected chi connectivity index (χ0v) is 14.3. The van der Waals surface area contributed by atoms with E-state index >= 15 is 0 Å². The highest BCUT2D eigenvalue weighted by atomic mass is 35.5. The van der Waals surface area contributed by atoms with Crippen LogP contribution >= 0.6 is 12.4 Å². The fourth-order valence-electron chi connectivity index (χ4n) is 2.94. The number of hydrogen-bond acceptors (Lipinski definition) is 4. The zero-order chi connectivity index (χ0) is 15.6. The summed E-state index contributed by atoms with van der Waals surface area (Å²) < 4.78 is 0. The number of nitrogens with two attached hydrogens (primary N) is 1. The number of aromatic nitrogens is 2. The fourth-order valence-corrected chi connectivity index (χ4v) is 2.94. The average molecular weight is 329 g/mol. The van der Waals surface area contributed by atoms with E-state index < -0.39 is 5.56 Å². The molecule has 1 amide bonds. The second-order valence-corrected chi connectivity index (χ2v) is 6.05. The Bertz CT molecular complexity index is 602. The van der Waals surface area contributed by atoms with Gasteiger partial charge in [0.2, 0.25) is 0 Å². The fraction of sp³-hybridized carbons (Fsp3) is 0.667. The molecule has 1 aliphatic heterocycles. The van der Waals surface area contributed by atoms with Crippen LogP contribution in [0.4, 0.5) is 0 Å². The predicted octanol–water partition coefficient (Wildman–Crippen LogP) is 1.13. The summed E-state index contributed by atoms with van der Waals surface area (Å²) >= 11 is 0. The van der Waals surface area contributed by atoms with Gasteiger partial charge in [-0.3, -0.25) is 9.59 Å². The van der Waals surface area contributed by atoms with Gasteiger partial charge in [0, 0.05) is 13.1 Å². The minimum atomic E-state index is -0.393. The van der Waals surface area contributed by atoms with E-state index in [9.17, 15) is 9.59 Å². The lowest BCUT2D eigenvalue weighted by Gasteiger charge is -2.23. The average Bonchev–Trinajstić information content (AvgIpc) is 2.89. The Morgan fingerprint density at radius 2 is 2.09 bits per heavy atom. The van der Waals surface area contributed by atoms with Gasteiger partial charge in [-0.1, -0.05) is 20.8 Å². The molecule has 1 aliphatic rings. The molecule has 0 radical (unpaired) electrons. The van der Waals surface area contributed by atoms with Gasteiger partial charge in [0.05, 0.1) is 5.69 Å². The smallest absolute Gasteiger partial charge is 0.277 e. The molecule has 1 unspecified atom stereocenters. The number of halogens is 1. The predicted molar refractivity (Wildman–Crippen MR) is 88.5 cm³/mol. The number of carbonyl (C=O) groups is 1. The van der Waals surface area contributed by atoms with E-state index in [2.05, 4.69) is 17.1 Å². The summed E-state index contributed by atoms with van der Waals surface area (Å²) in [7, 11) is 0. The molecule has 22 heavy (non-hydrogen) atoms. The summed E-state index contributed by atoms with van der Waals surface area (Å²) in [4.78, 5) is 26.6. The first-order valence-electron chi connectivity index (χ1n) is 7.55. The number of rotatable bonds is 4. The van der Waals surface area contributed by atoms with E-state index in [0.29, 0.717) is 32.5 Å². The minimum absolute atomic E-state index is 0. The molecule has 0 aromatic carbocycles. The van der Waals surface area contributed by atoms with Crippen LogP contribution < -0.4 is 11.3 Å². The molecule has 7 heteroatoms. The third-order valence-corrected chi connectivity index (χ3v) is 4.41. The third-order valence-electron chi connectivity index (χ3n) is 4.41. The lowest BCUT2D eigenvalue weighted by atomic mass is 9.90. The Morgan fingerprint density at radius 3 is 2.59 bits per heavy atom. The van der Waals surface area contributed by atoms with Gasteiger partial charge < -0.3 is 10.6 Å². The van der Waals surface area contributed by atoms with E-state index in [1.807, 2.05) is 13.8 Å². The number of hydrogen-bond donors (Lipinski definition) is 2. The molecule has 1 aromatic rings. The lowest BCUT2D eigenvalue weighted by molar-refractivity contribution is 0.0773. The Balaban J connectivity index is 0.00000242. The van der Waals surface area contributed by atoms with Crippen molar-refractivity contribution in [3.8, 4) is 0 Å². The highest BCUT2D eigenvalue weighted by molar-refractivity contribution is 5.95. The van der Waals surface area contributed by atoms with Crippen LogP contribution in [0.25, 0.3) is 0 Å². The molecule has 1 saturated heterocycles. The highest BCUT2D eigenvalue weighted by Crippen LogP contribution is 2.29. The second-order valence-electron chi connectivity index (χ2n) is 6.05. The van der Waals surface area contributed by atoms with Crippen molar-refractivity contribution in [3.05, 3.63) is 27.2 Å². The van der Waals surface area contributed by atoms with Crippen LogP contribution in [-0.4, -0.2) is 40.6 Å². The molecule has 2 rings (SSSR count). The van der Waals surface area contributed by atoms with Crippen molar-refractivity contribution in [1.29, 1.82) is 0 Å². The summed E-state index contributed by atoms with van der Waals surface area (Å²) in [6.07, 6.45) is 2.20. The maximum absolute atomic E-state index is 12.8. The maximum Gasteiger partial charge on any atom is 0.277 e. The number of likely N-dealkylation sites (tertiary alicyclic amines) is 1. The van der Waals surface area contributed by atoms with Gasteiger partial charge in [0.15, 0.2) is 0 Å². The van der Waals surface area contributed by atoms with Crippen LogP contribution in [0.1, 0.15) is 48.8 Å². The van der Waals surface area contributed by atoms with E-state index in [-0.39, 0.29) is 29.3 Å². The molecule has 1 aromatic heterocycles. The summed E-state index contributed by atoms with van der Waals surface area (Å²) in [6, 6.07) is 0. The van der Waals surface area contributed by atoms with Gasteiger partial charge in [-0.05, 0) is 36.8 Å². The highest BCUT2D eigenvalue weighted by Gasteiger charge is 2.36. The molecule has 1 fully saturated rings. The quantitative estimate of drug-likeness (QED) is 0.866. The standard InChI is InChI=1S/C15H24N4O2.ClH/c1-4-10-11(5-2)17-18-13(20)12(10)14(21)19-7-6-15(3,8-16)9-19;/h4-9,16H2,1-3H3,(H,18,20);1H. The molecule has 0 spiro atoms. The van der Waals surface area contributed by atoms with Gasteiger partial charge in [0.25, 0.3) is 11.5 Å². The third kappa shape index (κ3) is 3.33. The van der Waals surface area contributed by atoms with Crippen LogP contribution in [0.5, 0.6) is 0 Å². The Kier molecular flexibility index (Phi) is 6.14. The molecule has 2 heterocycles. The number of amides is 1. The van der Waals surface area contributed by atoms with Crippen LogP contribution in [0.2, 0.25) is 0 Å². The molecule has 0 bridgehead atoms. The Morgan fingerprint density at radius 1 is 1.41 bits per heavy atom. The number of aromatic amines is 1. The normalized spacial score (nSPS) is 20.8. The van der Waals surface area contributed by atoms with Crippen molar-refractivity contribution in [2.75, 3.05) is 19.6 Å².